The summed E-state index contributed by atoms with van der Waals surface area (Å²) in [4.78, 5) is 31.0. The Morgan fingerprint density at radius 3 is 2.57 bits per heavy atom. The molecule has 1 fully saturated rings. The average molecular weight is 470 g/mol. The highest BCUT2D eigenvalue weighted by atomic mass is 16.2. The van der Waals surface area contributed by atoms with Crippen LogP contribution in [0.3, 0.4) is 0 Å². The van der Waals surface area contributed by atoms with E-state index in [0.717, 1.165) is 72.9 Å². The Morgan fingerprint density at radius 1 is 1.17 bits per heavy atom. The van der Waals surface area contributed by atoms with Gasteiger partial charge in [0.2, 0.25) is 11.8 Å². The molecule has 1 aliphatic heterocycles. The second kappa shape index (κ2) is 9.41. The van der Waals surface area contributed by atoms with Crippen LogP contribution in [0.5, 0.6) is 0 Å². The molecule has 1 aromatic carbocycles. The molecule has 0 spiro atoms. The third kappa shape index (κ3) is 4.22. The maximum Gasteiger partial charge on any atom is 0.247 e. The van der Waals surface area contributed by atoms with Gasteiger partial charge in [-0.2, -0.15) is 0 Å². The van der Waals surface area contributed by atoms with Crippen LogP contribution in [0.1, 0.15) is 37.7 Å². The van der Waals surface area contributed by atoms with Crippen LogP contribution in [0, 0.1) is 5.92 Å². The number of pyridine rings is 1. The normalized spacial score (nSPS) is 17.9. The number of allylic oxidation sites excluding steroid dienone is 2. The zero-order chi connectivity index (χ0) is 24.5. The molecule has 0 unspecified atom stereocenters. The van der Waals surface area contributed by atoms with Crippen molar-refractivity contribution in [2.24, 2.45) is 13.0 Å². The number of likely N-dealkylation sites (tertiary alicyclic amines) is 1. The molecule has 1 atom stereocenters. The predicted molar refractivity (Wildman–Crippen MR) is 141 cm³/mol. The fraction of sp³-hybridized carbons (Fsp3) is 0.321. The zero-order valence-electron chi connectivity index (χ0n) is 20.1. The Morgan fingerprint density at radius 2 is 1.91 bits per heavy atom. The van der Waals surface area contributed by atoms with Crippen LogP contribution in [0.2, 0.25) is 0 Å². The van der Waals surface area contributed by atoms with Crippen molar-refractivity contribution in [1.29, 1.82) is 0 Å². The predicted octanol–water partition coefficient (Wildman–Crippen LogP) is 4.75. The van der Waals surface area contributed by atoms with Crippen molar-refractivity contribution in [3.63, 3.8) is 0 Å². The van der Waals surface area contributed by atoms with E-state index in [1.807, 2.05) is 42.3 Å². The summed E-state index contributed by atoms with van der Waals surface area (Å²) >= 11 is 0. The van der Waals surface area contributed by atoms with Gasteiger partial charge in [0.05, 0.1) is 11.2 Å². The first-order valence-corrected chi connectivity index (χ1v) is 12.2. The van der Waals surface area contributed by atoms with Gasteiger partial charge in [0.15, 0.2) is 0 Å². The quantitative estimate of drug-likeness (QED) is 0.527. The first-order valence-electron chi connectivity index (χ1n) is 12.2. The van der Waals surface area contributed by atoms with Gasteiger partial charge in [-0.05, 0) is 67.5 Å². The number of benzene rings is 1. The molecule has 1 saturated heterocycles. The summed E-state index contributed by atoms with van der Waals surface area (Å²) in [5.74, 6) is 0.616. The smallest absolute Gasteiger partial charge is 0.247 e. The molecular weight excluding hydrogens is 438 g/mol. The van der Waals surface area contributed by atoms with Crippen LogP contribution in [0.4, 0.5) is 11.5 Å². The van der Waals surface area contributed by atoms with E-state index in [1.54, 1.807) is 6.20 Å². The van der Waals surface area contributed by atoms with Crippen LogP contribution in [-0.2, 0) is 16.6 Å². The fourth-order valence-electron chi connectivity index (χ4n) is 5.45. The lowest BCUT2D eigenvalue weighted by molar-refractivity contribution is -0.134. The van der Waals surface area contributed by atoms with Crippen LogP contribution in [-0.4, -0.2) is 39.4 Å². The number of carbonyl (C=O) groups is 2. The topological polar surface area (TPSA) is 93.2 Å². The van der Waals surface area contributed by atoms with Crippen molar-refractivity contribution >= 4 is 39.8 Å². The second-order valence-corrected chi connectivity index (χ2v) is 9.38. The third-order valence-electron chi connectivity index (χ3n) is 7.25. The molecule has 0 bridgehead atoms. The highest BCUT2D eigenvalue weighted by molar-refractivity contribution is 6.06. The standard InChI is InChI=1S/C28H31N5O2/c1-3-23(34)31-21-12-10-19(11-13-21)26-24(25-22(32(26)2)14-15-30-27(25)29)18-6-8-20(9-7-18)28(35)33-16-4-5-17-33/h3,6,10-15,20H,1,4-5,7-9,16-17H2,2H3,(H2,29,30)(H,31,34)/t20-/m1/s1. The number of anilines is 2. The number of hydrogen-bond donors (Lipinski definition) is 2. The minimum Gasteiger partial charge on any atom is -0.383 e. The highest BCUT2D eigenvalue weighted by Crippen LogP contribution is 2.43. The van der Waals surface area contributed by atoms with Crippen LogP contribution >= 0.6 is 0 Å². The van der Waals surface area contributed by atoms with Gasteiger partial charge in [-0.3, -0.25) is 9.59 Å². The van der Waals surface area contributed by atoms with E-state index in [9.17, 15) is 9.59 Å². The van der Waals surface area contributed by atoms with Gasteiger partial charge in [-0.25, -0.2) is 4.98 Å². The number of nitrogens with one attached hydrogen (secondary N) is 1. The maximum absolute atomic E-state index is 13.0. The van der Waals surface area contributed by atoms with Gasteiger partial charge in [0, 0.05) is 48.9 Å². The van der Waals surface area contributed by atoms with E-state index in [0.29, 0.717) is 17.4 Å². The van der Waals surface area contributed by atoms with Crippen molar-refractivity contribution < 1.29 is 9.59 Å². The van der Waals surface area contributed by atoms with E-state index in [1.165, 1.54) is 11.6 Å². The lowest BCUT2D eigenvalue weighted by Crippen LogP contribution is -2.34. The molecule has 180 valence electrons. The average Bonchev–Trinajstić information content (AvgIpc) is 3.52. The van der Waals surface area contributed by atoms with E-state index in [2.05, 4.69) is 27.5 Å². The Balaban J connectivity index is 1.54. The second-order valence-electron chi connectivity index (χ2n) is 9.38. The molecular formula is C28H31N5O2. The number of nitrogens with zero attached hydrogens (tertiary/aromatic N) is 3. The number of amides is 2. The lowest BCUT2D eigenvalue weighted by atomic mass is 9.84. The van der Waals surface area contributed by atoms with E-state index in [4.69, 9.17) is 5.73 Å². The van der Waals surface area contributed by atoms with Gasteiger partial charge in [-0.1, -0.05) is 24.8 Å². The van der Waals surface area contributed by atoms with E-state index in [-0.39, 0.29) is 11.8 Å². The number of nitrogens with two attached hydrogens (primary N) is 1. The summed E-state index contributed by atoms with van der Waals surface area (Å²) in [7, 11) is 2.04. The molecule has 7 nitrogen and oxygen atoms in total. The molecule has 2 amide bonds. The Kier molecular flexibility index (Phi) is 6.16. The summed E-state index contributed by atoms with van der Waals surface area (Å²) < 4.78 is 2.16. The van der Waals surface area contributed by atoms with Crippen molar-refractivity contribution in [1.82, 2.24) is 14.5 Å². The zero-order valence-corrected chi connectivity index (χ0v) is 20.1. The third-order valence-corrected chi connectivity index (χ3v) is 7.25. The van der Waals surface area contributed by atoms with Gasteiger partial charge in [-0.15, -0.1) is 0 Å². The number of nitrogen functional groups attached to an aromatic ring is 1. The van der Waals surface area contributed by atoms with Gasteiger partial charge >= 0.3 is 0 Å². The fourth-order valence-corrected chi connectivity index (χ4v) is 5.45. The lowest BCUT2D eigenvalue weighted by Gasteiger charge is -2.26. The van der Waals surface area contributed by atoms with Crippen LogP contribution < -0.4 is 11.1 Å². The summed E-state index contributed by atoms with van der Waals surface area (Å²) in [6, 6.07) is 9.77. The number of rotatable bonds is 5. The highest BCUT2D eigenvalue weighted by Gasteiger charge is 2.30. The Hall–Kier alpha value is -3.87. The molecule has 0 saturated carbocycles. The summed E-state index contributed by atoms with van der Waals surface area (Å²) in [5.41, 5.74) is 12.5. The van der Waals surface area contributed by atoms with Gasteiger partial charge in [0.1, 0.15) is 5.82 Å². The molecule has 0 radical (unpaired) electrons. The van der Waals surface area contributed by atoms with E-state index < -0.39 is 0 Å². The summed E-state index contributed by atoms with van der Waals surface area (Å²) in [6.45, 7) is 5.29. The first kappa shape index (κ1) is 22.9. The first-order chi connectivity index (χ1) is 17.0. The minimum absolute atomic E-state index is 0.0542. The molecule has 2 aliphatic rings. The number of carbonyl (C=O) groups excluding carboxylic acids is 2. The van der Waals surface area contributed by atoms with Gasteiger partial charge in [0.25, 0.3) is 0 Å². The number of fused-ring (bicyclic) bond motifs is 1. The van der Waals surface area contributed by atoms with Gasteiger partial charge < -0.3 is 20.5 Å². The summed E-state index contributed by atoms with van der Waals surface area (Å²) in [5, 5.41) is 3.74. The van der Waals surface area contributed by atoms with E-state index >= 15 is 0 Å². The van der Waals surface area contributed by atoms with Crippen molar-refractivity contribution in [2.75, 3.05) is 24.1 Å². The monoisotopic (exact) mass is 469 g/mol. The number of hydrogen-bond acceptors (Lipinski definition) is 4. The van der Waals surface area contributed by atoms with Crippen molar-refractivity contribution in [3.05, 3.63) is 60.8 Å². The molecule has 1 aliphatic carbocycles. The Labute approximate surface area is 205 Å². The molecule has 2 aromatic heterocycles. The van der Waals surface area contributed by atoms with Crippen LogP contribution in [0.15, 0.2) is 55.3 Å². The van der Waals surface area contributed by atoms with Crippen LogP contribution in [0.25, 0.3) is 27.7 Å². The molecule has 7 heteroatoms. The SMILES string of the molecule is C=CC(=O)Nc1ccc(-c2c(C3=CC[C@@H](C(=O)N4CCCC4)CC3)c3c(N)nccc3n2C)cc1. The number of aryl methyl sites for hydroxylation is 1. The van der Waals surface area contributed by atoms with Crippen molar-refractivity contribution in [2.45, 2.75) is 32.1 Å². The minimum atomic E-state index is -0.243. The maximum atomic E-state index is 13.0. The largest absolute Gasteiger partial charge is 0.383 e. The molecule has 35 heavy (non-hydrogen) atoms. The molecule has 5 rings (SSSR count). The summed E-state index contributed by atoms with van der Waals surface area (Å²) in [6.07, 6.45) is 9.84. The van der Waals surface area contributed by atoms with Crippen molar-refractivity contribution in [3.8, 4) is 11.3 Å². The molecule has 3 heterocycles. The Bertz CT molecular complexity index is 1330. The molecule has 3 N–H and O–H groups in total. The number of aromatic nitrogens is 2. The molecule has 3 aromatic rings.